The summed E-state index contributed by atoms with van der Waals surface area (Å²) in [4.78, 5) is 14.2. The molecule has 4 aromatic rings. The van der Waals surface area contributed by atoms with Crippen LogP contribution in [-0.2, 0) is 4.79 Å². The van der Waals surface area contributed by atoms with Crippen molar-refractivity contribution in [1.29, 1.82) is 0 Å². The molecule has 0 fully saturated rings. The second kappa shape index (κ2) is 10.9. The lowest BCUT2D eigenvalue weighted by molar-refractivity contribution is -0.116. The van der Waals surface area contributed by atoms with Crippen molar-refractivity contribution < 1.29 is 4.79 Å². The molecule has 0 aromatic heterocycles. The highest BCUT2D eigenvalue weighted by molar-refractivity contribution is 6.00. The molecule has 0 aliphatic carbocycles. The molecule has 37 heavy (non-hydrogen) atoms. The van der Waals surface area contributed by atoms with Crippen LogP contribution in [0.4, 0.5) is 5.69 Å². The maximum atomic E-state index is 14.2. The quantitative estimate of drug-likeness (QED) is 0.291. The Labute approximate surface area is 221 Å². The fraction of sp³-hybridized carbons (Fsp3) is 0.229. The number of hydrogen-bond acceptors (Lipinski definition) is 1. The Morgan fingerprint density at radius 3 is 1.65 bits per heavy atom. The SMILES string of the molecule is Cc1cc(C)c(C(C(=O)Nc2ccc(C)cc2C#Cc2ccccc2)c2c(C)cc(C)cc2C)c(C)c1. The molecule has 0 saturated carbocycles. The molecule has 2 nitrogen and oxygen atoms in total. The van der Waals surface area contributed by atoms with E-state index in [4.69, 9.17) is 0 Å². The van der Waals surface area contributed by atoms with Crippen LogP contribution in [0, 0.1) is 60.3 Å². The molecule has 4 aromatic carbocycles. The van der Waals surface area contributed by atoms with Crippen molar-refractivity contribution in [3.63, 3.8) is 0 Å². The lowest BCUT2D eigenvalue weighted by Crippen LogP contribution is -2.25. The highest BCUT2D eigenvalue weighted by Gasteiger charge is 2.29. The van der Waals surface area contributed by atoms with Gasteiger partial charge in [-0.05, 0) is 112 Å². The summed E-state index contributed by atoms with van der Waals surface area (Å²) in [6, 6.07) is 24.6. The molecule has 0 saturated heterocycles. The third-order valence-electron chi connectivity index (χ3n) is 6.86. The van der Waals surface area contributed by atoms with E-state index >= 15 is 0 Å². The smallest absolute Gasteiger partial charge is 0.236 e. The van der Waals surface area contributed by atoms with E-state index in [9.17, 15) is 4.79 Å². The Bertz CT molecular complexity index is 1430. The molecule has 0 radical (unpaired) electrons. The molecular weight excluding hydrogens is 450 g/mol. The van der Waals surface area contributed by atoms with Crippen molar-refractivity contribution in [2.24, 2.45) is 0 Å². The van der Waals surface area contributed by atoms with Crippen LogP contribution in [0.1, 0.15) is 67.1 Å². The van der Waals surface area contributed by atoms with Crippen LogP contribution in [0.3, 0.4) is 0 Å². The summed E-state index contributed by atoms with van der Waals surface area (Å²) in [6.07, 6.45) is 0. The molecule has 0 atom stereocenters. The zero-order valence-corrected chi connectivity index (χ0v) is 22.9. The molecule has 0 spiro atoms. The zero-order chi connectivity index (χ0) is 26.7. The minimum atomic E-state index is -0.433. The van der Waals surface area contributed by atoms with Crippen LogP contribution < -0.4 is 5.32 Å². The van der Waals surface area contributed by atoms with Crippen LogP contribution in [0.5, 0.6) is 0 Å². The number of benzene rings is 4. The predicted molar refractivity (Wildman–Crippen MR) is 155 cm³/mol. The second-order valence-corrected chi connectivity index (χ2v) is 10.2. The van der Waals surface area contributed by atoms with Gasteiger partial charge in [0.25, 0.3) is 0 Å². The standard InChI is InChI=1S/C35H35NO/c1-22-13-16-31(30(21-22)15-14-29-11-9-8-10-12-29)36-35(37)34(32-25(4)17-23(2)18-26(32)5)33-27(6)19-24(3)20-28(33)7/h8-13,16-21,34H,1-7H3,(H,36,37). The van der Waals surface area contributed by atoms with E-state index < -0.39 is 5.92 Å². The fourth-order valence-electron chi connectivity index (χ4n) is 5.44. The minimum Gasteiger partial charge on any atom is -0.324 e. The molecule has 2 heteroatoms. The molecule has 0 bridgehead atoms. The molecule has 1 amide bonds. The van der Waals surface area contributed by atoms with Crippen LogP contribution in [0.15, 0.2) is 72.8 Å². The first-order chi connectivity index (χ1) is 17.6. The average molecular weight is 486 g/mol. The first-order valence-corrected chi connectivity index (χ1v) is 12.8. The van der Waals surface area contributed by atoms with E-state index in [1.807, 2.05) is 55.5 Å². The van der Waals surface area contributed by atoms with Crippen LogP contribution >= 0.6 is 0 Å². The monoisotopic (exact) mass is 485 g/mol. The van der Waals surface area contributed by atoms with Gasteiger partial charge in [-0.25, -0.2) is 0 Å². The van der Waals surface area contributed by atoms with E-state index in [-0.39, 0.29) is 5.91 Å². The van der Waals surface area contributed by atoms with Gasteiger partial charge < -0.3 is 5.32 Å². The maximum Gasteiger partial charge on any atom is 0.236 e. The van der Waals surface area contributed by atoms with Gasteiger partial charge in [-0.15, -0.1) is 0 Å². The first-order valence-electron chi connectivity index (χ1n) is 12.8. The molecule has 0 aliphatic heterocycles. The lowest BCUT2D eigenvalue weighted by Gasteiger charge is -2.26. The molecule has 0 aliphatic rings. The normalized spacial score (nSPS) is 10.7. The Balaban J connectivity index is 1.83. The van der Waals surface area contributed by atoms with Gasteiger partial charge in [-0.1, -0.05) is 71.5 Å². The number of aryl methyl sites for hydroxylation is 7. The minimum absolute atomic E-state index is 0.0447. The Morgan fingerprint density at radius 2 is 1.14 bits per heavy atom. The summed E-state index contributed by atoms with van der Waals surface area (Å²) < 4.78 is 0. The fourth-order valence-corrected chi connectivity index (χ4v) is 5.44. The van der Waals surface area contributed by atoms with E-state index in [0.29, 0.717) is 0 Å². The maximum absolute atomic E-state index is 14.2. The lowest BCUT2D eigenvalue weighted by atomic mass is 9.80. The van der Waals surface area contributed by atoms with Crippen molar-refractivity contribution in [1.82, 2.24) is 0 Å². The number of carbonyl (C=O) groups is 1. The summed E-state index contributed by atoms with van der Waals surface area (Å²) in [7, 11) is 0. The number of anilines is 1. The van der Waals surface area contributed by atoms with E-state index in [1.54, 1.807) is 0 Å². The second-order valence-electron chi connectivity index (χ2n) is 10.2. The van der Waals surface area contributed by atoms with Crippen LogP contribution in [0.25, 0.3) is 0 Å². The Kier molecular flexibility index (Phi) is 7.65. The highest BCUT2D eigenvalue weighted by Crippen LogP contribution is 2.36. The van der Waals surface area contributed by atoms with Gasteiger partial charge in [0.1, 0.15) is 0 Å². The topological polar surface area (TPSA) is 29.1 Å². The third-order valence-corrected chi connectivity index (χ3v) is 6.86. The summed E-state index contributed by atoms with van der Waals surface area (Å²) in [5, 5.41) is 3.27. The first kappa shape index (κ1) is 26.0. The van der Waals surface area contributed by atoms with Gasteiger partial charge in [0.15, 0.2) is 0 Å². The number of amides is 1. The number of carbonyl (C=O) groups excluding carboxylic acids is 1. The van der Waals surface area contributed by atoms with E-state index in [1.165, 1.54) is 11.1 Å². The van der Waals surface area contributed by atoms with E-state index in [0.717, 1.165) is 55.8 Å². The summed E-state index contributed by atoms with van der Waals surface area (Å²) in [5.41, 5.74) is 12.6. The molecule has 1 N–H and O–H groups in total. The Morgan fingerprint density at radius 1 is 0.622 bits per heavy atom. The van der Waals surface area contributed by atoms with Crippen LogP contribution in [0.2, 0.25) is 0 Å². The van der Waals surface area contributed by atoms with Gasteiger partial charge in [-0.3, -0.25) is 4.79 Å². The summed E-state index contributed by atoms with van der Waals surface area (Å²) in [5.74, 6) is 6.05. The average Bonchev–Trinajstić information content (AvgIpc) is 2.82. The Hall–Kier alpha value is -4.09. The molecular formula is C35H35NO. The predicted octanol–water partition coefficient (Wildman–Crippen LogP) is 8.02. The third kappa shape index (κ3) is 5.84. The molecule has 4 rings (SSSR count). The van der Waals surface area contributed by atoms with Crippen molar-refractivity contribution in [2.45, 2.75) is 54.4 Å². The number of rotatable bonds is 4. The van der Waals surface area contributed by atoms with Gasteiger partial charge in [0, 0.05) is 11.1 Å². The largest absolute Gasteiger partial charge is 0.324 e. The van der Waals surface area contributed by atoms with Crippen molar-refractivity contribution in [3.05, 3.63) is 134 Å². The van der Waals surface area contributed by atoms with Gasteiger partial charge in [-0.2, -0.15) is 0 Å². The van der Waals surface area contributed by atoms with Gasteiger partial charge in [0.05, 0.1) is 11.6 Å². The van der Waals surface area contributed by atoms with Gasteiger partial charge >= 0.3 is 0 Å². The van der Waals surface area contributed by atoms with Crippen LogP contribution in [-0.4, -0.2) is 5.91 Å². The zero-order valence-electron chi connectivity index (χ0n) is 22.9. The van der Waals surface area contributed by atoms with Gasteiger partial charge in [0.2, 0.25) is 5.91 Å². The van der Waals surface area contributed by atoms with E-state index in [2.05, 4.69) is 83.0 Å². The van der Waals surface area contributed by atoms with Crippen molar-refractivity contribution in [2.75, 3.05) is 5.32 Å². The summed E-state index contributed by atoms with van der Waals surface area (Å²) >= 11 is 0. The van der Waals surface area contributed by atoms with Crippen molar-refractivity contribution in [3.8, 4) is 11.8 Å². The number of hydrogen-bond donors (Lipinski definition) is 1. The molecule has 0 heterocycles. The molecule has 0 unspecified atom stereocenters. The van der Waals surface area contributed by atoms with Crippen molar-refractivity contribution >= 4 is 11.6 Å². The molecule has 186 valence electrons. The highest BCUT2D eigenvalue weighted by atomic mass is 16.1. The number of nitrogens with one attached hydrogen (secondary N) is 1. The summed E-state index contributed by atoms with van der Waals surface area (Å²) in [6.45, 7) is 14.7.